The largest absolute Gasteiger partial charge is 0.508 e. The van der Waals surface area contributed by atoms with Crippen LogP contribution in [-0.4, -0.2) is 5.11 Å². The van der Waals surface area contributed by atoms with Crippen molar-refractivity contribution in [3.63, 3.8) is 0 Å². The number of hydrogen-bond acceptors (Lipinski definition) is 2. The van der Waals surface area contributed by atoms with Crippen LogP contribution in [0.5, 0.6) is 11.5 Å². The molecule has 0 aliphatic rings. The summed E-state index contributed by atoms with van der Waals surface area (Å²) in [6, 6.07) is 13.4. The highest BCUT2D eigenvalue weighted by Gasteiger charge is 1.99. The van der Waals surface area contributed by atoms with Crippen molar-refractivity contribution in [3.05, 3.63) is 59.2 Å². The van der Waals surface area contributed by atoms with Crippen molar-refractivity contribution in [2.75, 3.05) is 0 Å². The van der Waals surface area contributed by atoms with Gasteiger partial charge < -0.3 is 9.84 Å². The molecule has 0 radical (unpaired) electrons. The molecule has 0 heterocycles. The van der Waals surface area contributed by atoms with Crippen LogP contribution in [0.15, 0.2) is 42.5 Å². The summed E-state index contributed by atoms with van der Waals surface area (Å²) < 4.78 is 5.65. The maximum absolute atomic E-state index is 9.46. The van der Waals surface area contributed by atoms with Crippen LogP contribution in [0.1, 0.15) is 16.7 Å². The van der Waals surface area contributed by atoms with E-state index < -0.39 is 0 Å². The first-order chi connectivity index (χ1) is 8.13. The number of phenols is 1. The van der Waals surface area contributed by atoms with E-state index in [-0.39, 0.29) is 5.75 Å². The summed E-state index contributed by atoms with van der Waals surface area (Å²) in [4.78, 5) is 0. The number of aryl methyl sites for hydroxylation is 2. The van der Waals surface area contributed by atoms with Crippen LogP contribution in [0.25, 0.3) is 0 Å². The molecule has 0 bridgehead atoms. The topological polar surface area (TPSA) is 29.5 Å². The van der Waals surface area contributed by atoms with Crippen molar-refractivity contribution < 1.29 is 9.84 Å². The second-order valence-corrected chi connectivity index (χ2v) is 4.28. The Morgan fingerprint density at radius 3 is 2.53 bits per heavy atom. The summed E-state index contributed by atoms with van der Waals surface area (Å²) in [6.07, 6.45) is 0. The zero-order chi connectivity index (χ0) is 12.3. The highest BCUT2D eigenvalue weighted by Crippen LogP contribution is 2.22. The number of aromatic hydroxyl groups is 1. The molecule has 2 heteroatoms. The third kappa shape index (κ3) is 3.25. The lowest BCUT2D eigenvalue weighted by molar-refractivity contribution is 0.304. The lowest BCUT2D eigenvalue weighted by Crippen LogP contribution is -1.95. The van der Waals surface area contributed by atoms with Gasteiger partial charge in [0, 0.05) is 6.07 Å². The predicted molar refractivity (Wildman–Crippen MR) is 68.4 cm³/mol. The van der Waals surface area contributed by atoms with Gasteiger partial charge in [-0.1, -0.05) is 29.8 Å². The summed E-state index contributed by atoms with van der Waals surface area (Å²) in [5, 5.41) is 9.46. The fourth-order valence-electron chi connectivity index (χ4n) is 1.78. The van der Waals surface area contributed by atoms with E-state index in [1.54, 1.807) is 12.1 Å². The van der Waals surface area contributed by atoms with Crippen molar-refractivity contribution in [3.8, 4) is 11.5 Å². The zero-order valence-corrected chi connectivity index (χ0v) is 10.1. The number of benzene rings is 2. The van der Waals surface area contributed by atoms with E-state index in [1.807, 2.05) is 25.1 Å². The molecule has 0 aromatic heterocycles. The monoisotopic (exact) mass is 228 g/mol. The summed E-state index contributed by atoms with van der Waals surface area (Å²) >= 11 is 0. The molecule has 1 N–H and O–H groups in total. The zero-order valence-electron chi connectivity index (χ0n) is 10.1. The van der Waals surface area contributed by atoms with E-state index in [0.29, 0.717) is 12.4 Å². The van der Waals surface area contributed by atoms with Gasteiger partial charge in [-0.05, 0) is 37.1 Å². The predicted octanol–water partition coefficient (Wildman–Crippen LogP) is 3.59. The van der Waals surface area contributed by atoms with E-state index in [2.05, 4.69) is 19.1 Å². The molecule has 0 amide bonds. The van der Waals surface area contributed by atoms with Crippen LogP contribution < -0.4 is 4.74 Å². The van der Waals surface area contributed by atoms with Crippen molar-refractivity contribution in [2.45, 2.75) is 20.5 Å². The average Bonchev–Trinajstić information content (AvgIpc) is 2.25. The normalized spacial score (nSPS) is 10.2. The van der Waals surface area contributed by atoms with Crippen molar-refractivity contribution in [1.29, 1.82) is 0 Å². The molecule has 0 atom stereocenters. The van der Waals surface area contributed by atoms with E-state index in [0.717, 1.165) is 11.1 Å². The Hall–Kier alpha value is -1.96. The Balaban J connectivity index is 2.07. The van der Waals surface area contributed by atoms with Crippen LogP contribution >= 0.6 is 0 Å². The van der Waals surface area contributed by atoms with Gasteiger partial charge in [0.15, 0.2) is 0 Å². The molecule has 88 valence electrons. The Labute approximate surface area is 101 Å². The molecule has 2 aromatic carbocycles. The summed E-state index contributed by atoms with van der Waals surface area (Å²) in [5.41, 5.74) is 3.34. The van der Waals surface area contributed by atoms with Crippen molar-refractivity contribution in [1.82, 2.24) is 0 Å². The fraction of sp³-hybridized carbons (Fsp3) is 0.200. The quantitative estimate of drug-likeness (QED) is 0.870. The maximum Gasteiger partial charge on any atom is 0.123 e. The smallest absolute Gasteiger partial charge is 0.123 e. The van der Waals surface area contributed by atoms with Gasteiger partial charge >= 0.3 is 0 Å². The second-order valence-electron chi connectivity index (χ2n) is 4.28. The first-order valence-electron chi connectivity index (χ1n) is 5.62. The molecule has 0 unspecified atom stereocenters. The third-order valence-electron chi connectivity index (χ3n) is 2.52. The maximum atomic E-state index is 9.46. The number of rotatable bonds is 3. The molecule has 0 aliphatic carbocycles. The van der Waals surface area contributed by atoms with E-state index in [9.17, 15) is 5.11 Å². The van der Waals surface area contributed by atoms with Gasteiger partial charge in [-0.25, -0.2) is 0 Å². The Morgan fingerprint density at radius 1 is 1.00 bits per heavy atom. The van der Waals surface area contributed by atoms with E-state index >= 15 is 0 Å². The van der Waals surface area contributed by atoms with E-state index in [1.165, 1.54) is 5.56 Å². The van der Waals surface area contributed by atoms with Crippen LogP contribution in [0, 0.1) is 13.8 Å². The summed E-state index contributed by atoms with van der Waals surface area (Å²) in [6.45, 7) is 4.51. The fourth-order valence-corrected chi connectivity index (χ4v) is 1.78. The minimum atomic E-state index is 0.240. The van der Waals surface area contributed by atoms with Crippen molar-refractivity contribution in [2.24, 2.45) is 0 Å². The van der Waals surface area contributed by atoms with Gasteiger partial charge in [-0.15, -0.1) is 0 Å². The molecule has 0 saturated heterocycles. The van der Waals surface area contributed by atoms with Gasteiger partial charge in [0.25, 0.3) is 0 Å². The number of phenolic OH excluding ortho intramolecular Hbond substituents is 1. The molecule has 0 spiro atoms. The Morgan fingerprint density at radius 2 is 1.82 bits per heavy atom. The van der Waals surface area contributed by atoms with Crippen LogP contribution in [0.4, 0.5) is 0 Å². The number of ether oxygens (including phenoxy) is 1. The molecule has 2 aromatic rings. The summed E-state index contributed by atoms with van der Waals surface area (Å²) in [7, 11) is 0. The second kappa shape index (κ2) is 4.91. The highest BCUT2D eigenvalue weighted by atomic mass is 16.5. The van der Waals surface area contributed by atoms with Gasteiger partial charge in [0.2, 0.25) is 0 Å². The first-order valence-corrected chi connectivity index (χ1v) is 5.62. The molecule has 0 fully saturated rings. The molecule has 0 saturated carbocycles. The van der Waals surface area contributed by atoms with Gasteiger partial charge in [-0.2, -0.15) is 0 Å². The SMILES string of the molecule is Cc1cccc(COc2cc(C)cc(O)c2)c1. The molecule has 2 nitrogen and oxygen atoms in total. The first kappa shape index (κ1) is 11.5. The minimum absolute atomic E-state index is 0.240. The number of hydrogen-bond donors (Lipinski definition) is 1. The van der Waals surface area contributed by atoms with Gasteiger partial charge in [0.05, 0.1) is 0 Å². The third-order valence-corrected chi connectivity index (χ3v) is 2.52. The molecule has 0 aliphatic heterocycles. The lowest BCUT2D eigenvalue weighted by atomic mass is 10.1. The molecular weight excluding hydrogens is 212 g/mol. The molecular formula is C15H16O2. The van der Waals surface area contributed by atoms with Crippen LogP contribution in [-0.2, 0) is 6.61 Å². The van der Waals surface area contributed by atoms with Gasteiger partial charge in [0.1, 0.15) is 18.1 Å². The molecule has 2 rings (SSSR count). The Kier molecular flexibility index (Phi) is 3.33. The average molecular weight is 228 g/mol. The van der Waals surface area contributed by atoms with Crippen LogP contribution in [0.2, 0.25) is 0 Å². The lowest BCUT2D eigenvalue weighted by Gasteiger charge is -2.08. The van der Waals surface area contributed by atoms with Crippen LogP contribution in [0.3, 0.4) is 0 Å². The van der Waals surface area contributed by atoms with Crippen molar-refractivity contribution >= 4 is 0 Å². The standard InChI is InChI=1S/C15H16O2/c1-11-4-3-5-13(6-11)10-17-15-8-12(2)7-14(16)9-15/h3-9,16H,10H2,1-2H3. The molecule has 17 heavy (non-hydrogen) atoms. The minimum Gasteiger partial charge on any atom is -0.508 e. The van der Waals surface area contributed by atoms with E-state index in [4.69, 9.17) is 4.74 Å². The Bertz CT molecular complexity index is 498. The summed E-state index contributed by atoms with van der Waals surface area (Å²) in [5.74, 6) is 0.938. The van der Waals surface area contributed by atoms with Gasteiger partial charge in [-0.3, -0.25) is 0 Å². The highest BCUT2D eigenvalue weighted by molar-refractivity contribution is 5.37.